The van der Waals surface area contributed by atoms with E-state index >= 15 is 0 Å². The molecule has 4 heteroatoms. The van der Waals surface area contributed by atoms with E-state index in [1.807, 2.05) is 12.1 Å². The quantitative estimate of drug-likeness (QED) is 0.841. The molecule has 1 fully saturated rings. The fraction of sp³-hybridized carbons (Fsp3) is 0.625. The van der Waals surface area contributed by atoms with E-state index in [0.717, 1.165) is 29.0 Å². The van der Waals surface area contributed by atoms with E-state index in [-0.39, 0.29) is 5.54 Å². The summed E-state index contributed by atoms with van der Waals surface area (Å²) in [6, 6.07) is 6.61. The van der Waals surface area contributed by atoms with E-state index in [0.29, 0.717) is 12.0 Å². The van der Waals surface area contributed by atoms with E-state index in [4.69, 9.17) is 11.6 Å². The fourth-order valence-corrected chi connectivity index (χ4v) is 3.48. The Morgan fingerprint density at radius 1 is 1.50 bits per heavy atom. The molecular weight excluding hydrogens is 336 g/mol. The minimum absolute atomic E-state index is 0.160. The normalized spacial score (nSPS) is 27.1. The van der Waals surface area contributed by atoms with E-state index in [1.54, 1.807) is 0 Å². The van der Waals surface area contributed by atoms with Crippen molar-refractivity contribution in [2.45, 2.75) is 45.7 Å². The topological polar surface area (TPSA) is 15.3 Å². The predicted molar refractivity (Wildman–Crippen MR) is 91.8 cm³/mol. The van der Waals surface area contributed by atoms with Gasteiger partial charge in [-0.3, -0.25) is 0 Å². The Balaban J connectivity index is 2.39. The summed E-state index contributed by atoms with van der Waals surface area (Å²) < 4.78 is 1.01. The Kier molecular flexibility index (Phi) is 5.04. The van der Waals surface area contributed by atoms with Crippen molar-refractivity contribution >= 4 is 33.2 Å². The molecule has 0 saturated carbocycles. The smallest absolute Gasteiger partial charge is 0.0595 e. The van der Waals surface area contributed by atoms with Gasteiger partial charge in [0.25, 0.3) is 0 Å². The highest BCUT2D eigenvalue weighted by Gasteiger charge is 2.36. The highest BCUT2D eigenvalue weighted by Crippen LogP contribution is 2.37. The summed E-state index contributed by atoms with van der Waals surface area (Å²) in [7, 11) is 0. The molecule has 1 N–H and O–H groups in total. The van der Waals surface area contributed by atoms with Crippen LogP contribution in [0.4, 0.5) is 5.69 Å². The number of nitrogens with zero attached hydrogens (tertiary/aromatic N) is 1. The fourth-order valence-electron chi connectivity index (χ4n) is 2.82. The lowest BCUT2D eigenvalue weighted by molar-refractivity contribution is 0.253. The summed E-state index contributed by atoms with van der Waals surface area (Å²) in [4.78, 5) is 2.51. The van der Waals surface area contributed by atoms with Crippen LogP contribution in [0.25, 0.3) is 0 Å². The number of halogens is 2. The number of anilines is 1. The minimum atomic E-state index is 0.160. The molecule has 0 aromatic heterocycles. The second-order valence-corrected chi connectivity index (χ2v) is 7.51. The van der Waals surface area contributed by atoms with Crippen molar-refractivity contribution in [1.29, 1.82) is 0 Å². The van der Waals surface area contributed by atoms with Gasteiger partial charge in [-0.25, -0.2) is 0 Å². The van der Waals surface area contributed by atoms with Crippen LogP contribution in [0.5, 0.6) is 0 Å². The standard InChI is InChI=1S/C16H24BrClN2/c1-5-16(4)10-20(14(9-19-16)11(2)3)13-8-6-7-12(18)15(13)17/h6-8,11,14,19H,5,9-10H2,1-4H3. The van der Waals surface area contributed by atoms with Crippen molar-refractivity contribution in [2.75, 3.05) is 18.0 Å². The molecule has 1 aromatic carbocycles. The summed E-state index contributed by atoms with van der Waals surface area (Å²) in [5.41, 5.74) is 1.37. The van der Waals surface area contributed by atoms with Crippen LogP contribution in [0.2, 0.25) is 5.02 Å². The van der Waals surface area contributed by atoms with Crippen LogP contribution in [0.15, 0.2) is 22.7 Å². The number of nitrogens with one attached hydrogen (secondary N) is 1. The van der Waals surface area contributed by atoms with Crippen LogP contribution < -0.4 is 10.2 Å². The molecule has 1 aliphatic heterocycles. The first kappa shape index (κ1) is 16.1. The molecule has 2 unspecified atom stereocenters. The molecule has 20 heavy (non-hydrogen) atoms. The van der Waals surface area contributed by atoms with E-state index in [9.17, 15) is 0 Å². The lowest BCUT2D eigenvalue weighted by Crippen LogP contribution is -2.64. The highest BCUT2D eigenvalue weighted by atomic mass is 79.9. The van der Waals surface area contributed by atoms with E-state index < -0.39 is 0 Å². The molecule has 2 rings (SSSR count). The number of rotatable bonds is 3. The molecule has 2 atom stereocenters. The molecule has 1 aromatic rings. The number of piperazine rings is 1. The van der Waals surface area contributed by atoms with Gasteiger partial charge in [0.15, 0.2) is 0 Å². The number of hydrogen-bond acceptors (Lipinski definition) is 2. The van der Waals surface area contributed by atoms with Crippen molar-refractivity contribution < 1.29 is 0 Å². The van der Waals surface area contributed by atoms with Crippen LogP contribution >= 0.6 is 27.5 Å². The van der Waals surface area contributed by atoms with Gasteiger partial charge in [-0.15, -0.1) is 0 Å². The van der Waals surface area contributed by atoms with Crippen LogP contribution in [-0.2, 0) is 0 Å². The van der Waals surface area contributed by atoms with Crippen molar-refractivity contribution in [3.8, 4) is 0 Å². The average Bonchev–Trinajstić information content (AvgIpc) is 2.41. The molecule has 0 bridgehead atoms. The largest absolute Gasteiger partial charge is 0.364 e. The molecule has 0 spiro atoms. The maximum Gasteiger partial charge on any atom is 0.0595 e. The van der Waals surface area contributed by atoms with Gasteiger partial charge in [0.05, 0.1) is 15.2 Å². The molecule has 1 saturated heterocycles. The summed E-state index contributed by atoms with van der Waals surface area (Å²) >= 11 is 9.93. The predicted octanol–water partition coefficient (Wildman–Crippen LogP) is 4.71. The lowest BCUT2D eigenvalue weighted by Gasteiger charge is -2.49. The van der Waals surface area contributed by atoms with Crippen LogP contribution in [-0.4, -0.2) is 24.7 Å². The van der Waals surface area contributed by atoms with Crippen LogP contribution in [0, 0.1) is 5.92 Å². The molecule has 0 radical (unpaired) electrons. The van der Waals surface area contributed by atoms with Crippen molar-refractivity contribution in [3.63, 3.8) is 0 Å². The van der Waals surface area contributed by atoms with Gasteiger partial charge in [-0.2, -0.15) is 0 Å². The first-order valence-electron chi connectivity index (χ1n) is 7.33. The third-order valence-corrected chi connectivity index (χ3v) is 5.82. The number of benzene rings is 1. The summed E-state index contributed by atoms with van der Waals surface area (Å²) in [5, 5.41) is 4.50. The molecular formula is C16H24BrClN2. The van der Waals surface area contributed by atoms with Crippen LogP contribution in [0.1, 0.15) is 34.1 Å². The Morgan fingerprint density at radius 2 is 2.20 bits per heavy atom. The summed E-state index contributed by atoms with van der Waals surface area (Å²) in [6.45, 7) is 11.1. The third kappa shape index (κ3) is 3.15. The molecule has 112 valence electrons. The Hall–Kier alpha value is -0.250. The molecule has 0 aliphatic carbocycles. The van der Waals surface area contributed by atoms with Gasteiger partial charge in [0.2, 0.25) is 0 Å². The Labute approximate surface area is 136 Å². The van der Waals surface area contributed by atoms with Gasteiger partial charge in [-0.05, 0) is 47.3 Å². The lowest BCUT2D eigenvalue weighted by atomic mass is 9.89. The maximum atomic E-state index is 6.28. The van der Waals surface area contributed by atoms with Crippen molar-refractivity contribution in [2.24, 2.45) is 5.92 Å². The minimum Gasteiger partial charge on any atom is -0.364 e. The zero-order valence-electron chi connectivity index (χ0n) is 12.7. The van der Waals surface area contributed by atoms with Gasteiger partial charge < -0.3 is 10.2 Å². The van der Waals surface area contributed by atoms with Gasteiger partial charge in [0, 0.05) is 24.7 Å². The van der Waals surface area contributed by atoms with Crippen molar-refractivity contribution in [3.05, 3.63) is 27.7 Å². The van der Waals surface area contributed by atoms with E-state index in [1.165, 1.54) is 5.69 Å². The van der Waals surface area contributed by atoms with Gasteiger partial charge >= 0.3 is 0 Å². The molecule has 2 nitrogen and oxygen atoms in total. The average molecular weight is 360 g/mol. The van der Waals surface area contributed by atoms with E-state index in [2.05, 4.69) is 59.9 Å². The van der Waals surface area contributed by atoms with Crippen molar-refractivity contribution in [1.82, 2.24) is 5.32 Å². The Bertz CT molecular complexity index is 478. The SMILES string of the molecule is CCC1(C)CN(c2cccc(Cl)c2Br)C(C(C)C)CN1. The first-order valence-corrected chi connectivity index (χ1v) is 8.51. The van der Waals surface area contributed by atoms with Gasteiger partial charge in [-0.1, -0.05) is 38.4 Å². The maximum absolute atomic E-state index is 6.28. The second-order valence-electron chi connectivity index (χ2n) is 6.31. The van der Waals surface area contributed by atoms with Gasteiger partial charge in [0.1, 0.15) is 0 Å². The zero-order chi connectivity index (χ0) is 14.9. The monoisotopic (exact) mass is 358 g/mol. The zero-order valence-corrected chi connectivity index (χ0v) is 15.1. The first-order chi connectivity index (χ1) is 9.38. The molecule has 1 aliphatic rings. The molecule has 0 amide bonds. The summed E-state index contributed by atoms with van der Waals surface area (Å²) in [5.74, 6) is 0.592. The van der Waals surface area contributed by atoms with Crippen LogP contribution in [0.3, 0.4) is 0 Å². The number of hydrogen-bond donors (Lipinski definition) is 1. The molecule has 1 heterocycles. The summed E-state index contributed by atoms with van der Waals surface area (Å²) in [6.07, 6.45) is 1.12. The second kappa shape index (κ2) is 6.25. The third-order valence-electron chi connectivity index (χ3n) is 4.45. The highest BCUT2D eigenvalue weighted by molar-refractivity contribution is 9.10. The Morgan fingerprint density at radius 3 is 2.80 bits per heavy atom.